The van der Waals surface area contributed by atoms with Gasteiger partial charge in [-0.05, 0) is 27.7 Å². The van der Waals surface area contributed by atoms with Crippen molar-refractivity contribution < 1.29 is 19.1 Å². The van der Waals surface area contributed by atoms with E-state index in [9.17, 15) is 9.59 Å². The lowest BCUT2D eigenvalue weighted by atomic mass is 10.2. The molecular formula is C12H21NO4. The number of carbonyl (C=O) groups excluding carboxylic acids is 2. The Labute approximate surface area is 102 Å². The lowest BCUT2D eigenvalue weighted by Crippen LogP contribution is -2.33. The van der Waals surface area contributed by atoms with Gasteiger partial charge < -0.3 is 14.8 Å². The standard InChI is InChI=1S/C12H21NO4/c1-9(6-7-10(14)16-5)8-13-11(15)17-12(2,3)4/h6H,7-8H2,1-5H3,(H,13,15)/b9-6+. The summed E-state index contributed by atoms with van der Waals surface area (Å²) in [5, 5.41) is 2.60. The molecule has 17 heavy (non-hydrogen) atoms. The van der Waals surface area contributed by atoms with E-state index >= 15 is 0 Å². The Balaban J connectivity index is 3.95. The van der Waals surface area contributed by atoms with Gasteiger partial charge in [-0.15, -0.1) is 0 Å². The zero-order chi connectivity index (χ0) is 13.5. The molecule has 0 rings (SSSR count). The van der Waals surface area contributed by atoms with Gasteiger partial charge in [0.05, 0.1) is 13.5 Å². The molecule has 0 fully saturated rings. The van der Waals surface area contributed by atoms with Gasteiger partial charge in [0.25, 0.3) is 0 Å². The number of alkyl carbamates (subject to hydrolysis) is 1. The predicted octanol–water partition coefficient (Wildman–Crippen LogP) is 2.02. The first-order valence-electron chi connectivity index (χ1n) is 5.44. The molecule has 0 heterocycles. The van der Waals surface area contributed by atoms with Crippen molar-refractivity contribution in [1.82, 2.24) is 5.32 Å². The highest BCUT2D eigenvalue weighted by molar-refractivity contribution is 5.71. The average molecular weight is 243 g/mol. The monoisotopic (exact) mass is 243 g/mol. The Morgan fingerprint density at radius 3 is 2.35 bits per heavy atom. The van der Waals surface area contributed by atoms with Crippen molar-refractivity contribution in [2.45, 2.75) is 39.7 Å². The van der Waals surface area contributed by atoms with Crippen molar-refractivity contribution in [3.8, 4) is 0 Å². The van der Waals surface area contributed by atoms with Gasteiger partial charge in [0, 0.05) is 6.54 Å². The number of carbonyl (C=O) groups is 2. The Morgan fingerprint density at radius 2 is 1.88 bits per heavy atom. The Kier molecular flexibility index (Phi) is 6.31. The first-order valence-corrected chi connectivity index (χ1v) is 5.44. The third kappa shape index (κ3) is 9.41. The maximum absolute atomic E-state index is 11.3. The molecule has 98 valence electrons. The van der Waals surface area contributed by atoms with Crippen molar-refractivity contribution in [3.05, 3.63) is 11.6 Å². The largest absolute Gasteiger partial charge is 0.469 e. The van der Waals surface area contributed by atoms with Crippen LogP contribution in [0.15, 0.2) is 11.6 Å². The molecule has 0 atom stereocenters. The van der Waals surface area contributed by atoms with Crippen LogP contribution < -0.4 is 5.32 Å². The fourth-order valence-electron chi connectivity index (χ4n) is 0.939. The van der Waals surface area contributed by atoms with Gasteiger partial charge in [-0.2, -0.15) is 0 Å². The number of esters is 1. The number of ether oxygens (including phenoxy) is 2. The zero-order valence-electron chi connectivity index (χ0n) is 11.1. The lowest BCUT2D eigenvalue weighted by molar-refractivity contribution is -0.139. The molecular weight excluding hydrogens is 222 g/mol. The summed E-state index contributed by atoms with van der Waals surface area (Å²) in [6, 6.07) is 0. The fraction of sp³-hybridized carbons (Fsp3) is 0.667. The van der Waals surface area contributed by atoms with Crippen molar-refractivity contribution in [2.24, 2.45) is 0 Å². The van der Waals surface area contributed by atoms with Crippen LogP contribution in [0.25, 0.3) is 0 Å². The van der Waals surface area contributed by atoms with Crippen LogP contribution in [0.3, 0.4) is 0 Å². The summed E-state index contributed by atoms with van der Waals surface area (Å²) in [4.78, 5) is 22.2. The summed E-state index contributed by atoms with van der Waals surface area (Å²) in [5.74, 6) is -0.304. The number of amides is 1. The van der Waals surface area contributed by atoms with Crippen molar-refractivity contribution in [2.75, 3.05) is 13.7 Å². The van der Waals surface area contributed by atoms with Gasteiger partial charge in [-0.1, -0.05) is 11.6 Å². The Morgan fingerprint density at radius 1 is 1.29 bits per heavy atom. The van der Waals surface area contributed by atoms with Crippen LogP contribution in [-0.4, -0.2) is 31.3 Å². The number of rotatable bonds is 4. The van der Waals surface area contributed by atoms with Crippen LogP contribution in [-0.2, 0) is 14.3 Å². The average Bonchev–Trinajstić information content (AvgIpc) is 2.20. The number of methoxy groups -OCH3 is 1. The first kappa shape index (κ1) is 15.5. The summed E-state index contributed by atoms with van der Waals surface area (Å²) in [6.07, 6.45) is 1.45. The van der Waals surface area contributed by atoms with E-state index in [1.165, 1.54) is 7.11 Å². The van der Waals surface area contributed by atoms with Gasteiger partial charge in [0.15, 0.2) is 0 Å². The van der Waals surface area contributed by atoms with Crippen LogP contribution >= 0.6 is 0 Å². The molecule has 5 heteroatoms. The second-order valence-electron chi connectivity index (χ2n) is 4.69. The smallest absolute Gasteiger partial charge is 0.407 e. The minimum Gasteiger partial charge on any atom is -0.469 e. The number of hydrogen-bond acceptors (Lipinski definition) is 4. The van der Waals surface area contributed by atoms with Crippen molar-refractivity contribution in [3.63, 3.8) is 0 Å². The highest BCUT2D eigenvalue weighted by atomic mass is 16.6. The maximum atomic E-state index is 11.3. The first-order chi connectivity index (χ1) is 7.74. The molecule has 0 unspecified atom stereocenters. The summed E-state index contributed by atoms with van der Waals surface area (Å²) in [6.45, 7) is 7.57. The van der Waals surface area contributed by atoms with E-state index < -0.39 is 11.7 Å². The van der Waals surface area contributed by atoms with Gasteiger partial charge >= 0.3 is 12.1 Å². The van der Waals surface area contributed by atoms with Crippen LogP contribution in [0.1, 0.15) is 34.1 Å². The molecule has 5 nitrogen and oxygen atoms in total. The molecule has 0 aromatic heterocycles. The molecule has 0 aromatic rings. The number of hydrogen-bond donors (Lipinski definition) is 1. The summed E-state index contributed by atoms with van der Waals surface area (Å²) in [7, 11) is 1.34. The van der Waals surface area contributed by atoms with E-state index in [-0.39, 0.29) is 12.4 Å². The zero-order valence-corrected chi connectivity index (χ0v) is 11.1. The van der Waals surface area contributed by atoms with E-state index in [4.69, 9.17) is 4.74 Å². The van der Waals surface area contributed by atoms with E-state index in [2.05, 4.69) is 10.1 Å². The molecule has 1 amide bonds. The molecule has 0 spiro atoms. The van der Waals surface area contributed by atoms with Gasteiger partial charge in [-0.3, -0.25) is 4.79 Å². The second-order valence-corrected chi connectivity index (χ2v) is 4.69. The van der Waals surface area contributed by atoms with E-state index in [1.807, 2.05) is 6.92 Å². The second kappa shape index (κ2) is 6.93. The summed E-state index contributed by atoms with van der Waals surface area (Å²) < 4.78 is 9.56. The fourth-order valence-corrected chi connectivity index (χ4v) is 0.939. The quantitative estimate of drug-likeness (QED) is 0.606. The van der Waals surface area contributed by atoms with Gasteiger partial charge in [-0.25, -0.2) is 4.79 Å². The molecule has 0 aliphatic carbocycles. The van der Waals surface area contributed by atoms with Crippen molar-refractivity contribution in [1.29, 1.82) is 0 Å². The van der Waals surface area contributed by atoms with Crippen LogP contribution in [0, 0.1) is 0 Å². The Hall–Kier alpha value is -1.52. The van der Waals surface area contributed by atoms with E-state index in [1.54, 1.807) is 26.8 Å². The molecule has 0 aliphatic heterocycles. The minimum absolute atomic E-state index is 0.207. The highest BCUT2D eigenvalue weighted by Crippen LogP contribution is 2.06. The van der Waals surface area contributed by atoms with Crippen molar-refractivity contribution >= 4 is 12.1 Å². The maximum Gasteiger partial charge on any atom is 0.407 e. The Bertz CT molecular complexity index is 302. The van der Waals surface area contributed by atoms with Gasteiger partial charge in [0.1, 0.15) is 5.60 Å². The third-order valence-corrected chi connectivity index (χ3v) is 1.76. The normalized spacial score (nSPS) is 11.9. The molecule has 0 radical (unpaired) electrons. The molecule has 0 saturated heterocycles. The predicted molar refractivity (Wildman–Crippen MR) is 64.6 cm³/mol. The highest BCUT2D eigenvalue weighted by Gasteiger charge is 2.15. The molecule has 0 aliphatic rings. The van der Waals surface area contributed by atoms with Crippen LogP contribution in [0.5, 0.6) is 0 Å². The van der Waals surface area contributed by atoms with Crippen LogP contribution in [0.2, 0.25) is 0 Å². The molecule has 0 aromatic carbocycles. The lowest BCUT2D eigenvalue weighted by Gasteiger charge is -2.19. The molecule has 0 saturated carbocycles. The number of nitrogens with one attached hydrogen (secondary N) is 1. The summed E-state index contributed by atoms with van der Waals surface area (Å²) in [5.41, 5.74) is 0.370. The van der Waals surface area contributed by atoms with Crippen LogP contribution in [0.4, 0.5) is 4.79 Å². The summed E-state index contributed by atoms with van der Waals surface area (Å²) >= 11 is 0. The SMILES string of the molecule is COC(=O)C/C=C(\C)CNC(=O)OC(C)(C)C. The third-order valence-electron chi connectivity index (χ3n) is 1.76. The topological polar surface area (TPSA) is 64.6 Å². The molecule has 1 N–H and O–H groups in total. The van der Waals surface area contributed by atoms with Gasteiger partial charge in [0.2, 0.25) is 0 Å². The molecule has 0 bridgehead atoms. The van der Waals surface area contributed by atoms with E-state index in [0.717, 1.165) is 5.57 Å². The van der Waals surface area contributed by atoms with E-state index in [0.29, 0.717) is 6.54 Å². The minimum atomic E-state index is -0.506.